The monoisotopic (exact) mass is 839 g/mol. The molecule has 0 atom stereocenters. The Bertz CT molecular complexity index is 2250. The van der Waals surface area contributed by atoms with Gasteiger partial charge in [0.05, 0.1) is 6.20 Å². The van der Waals surface area contributed by atoms with Crippen LogP contribution < -0.4 is 4.74 Å². The minimum atomic E-state index is 0. The van der Waals surface area contributed by atoms with Crippen molar-refractivity contribution in [2.45, 2.75) is 67.2 Å². The molecule has 0 amide bonds. The van der Waals surface area contributed by atoms with Crippen molar-refractivity contribution in [3.05, 3.63) is 132 Å². The first kappa shape index (κ1) is 35.4. The average molecular weight is 840 g/mol. The molecule has 0 aliphatic carbocycles. The largest absolute Gasteiger partial charge is 2.00 e. The Hall–Kier alpha value is -4.47. The summed E-state index contributed by atoms with van der Waals surface area (Å²) in [5.41, 5.74) is 10.3. The second-order valence-electron chi connectivity index (χ2n) is 14.4. The second-order valence-corrected chi connectivity index (χ2v) is 14.4. The van der Waals surface area contributed by atoms with Crippen LogP contribution in [0.4, 0.5) is 0 Å². The molecule has 7 aromatic rings. The van der Waals surface area contributed by atoms with Gasteiger partial charge in [0.15, 0.2) is 0 Å². The Balaban J connectivity index is 0.00000432. The molecule has 3 aromatic heterocycles. The van der Waals surface area contributed by atoms with Crippen LogP contribution in [0.3, 0.4) is 0 Å². The maximum atomic E-state index is 6.51. The number of fused-ring (bicyclic) bond motifs is 3. The normalized spacial score (nSPS) is 11.6. The van der Waals surface area contributed by atoms with Gasteiger partial charge in [-0.3, -0.25) is 4.68 Å². The van der Waals surface area contributed by atoms with Crippen molar-refractivity contribution in [3.63, 3.8) is 0 Å². The molecule has 0 aliphatic heterocycles. The molecule has 5 nitrogen and oxygen atoms in total. The van der Waals surface area contributed by atoms with E-state index in [4.69, 9.17) is 14.8 Å². The quantitative estimate of drug-likeness (QED) is 0.129. The van der Waals surface area contributed by atoms with Crippen molar-refractivity contribution in [2.75, 3.05) is 0 Å². The standard InChI is InChI=1S/C44H44N4O.Pt/c1-28(2)19-33-11-10-12-34(20-29(3)4)44(33)35-26-46-47(27-35)36-21-31(7)22-38(24-36)49-37-15-16-40-39-13-8-9-14-41(39)48(42(40)25-37)43-23-32(30(5)6)17-18-45-43;/h8-18,21-23,26-30H,19-20H2,1-7H3;/q-2;+2. The molecule has 0 N–H and O–H groups in total. The molecule has 0 saturated carbocycles. The zero-order valence-corrected chi connectivity index (χ0v) is 32.2. The zero-order valence-electron chi connectivity index (χ0n) is 29.9. The van der Waals surface area contributed by atoms with Gasteiger partial charge in [-0.1, -0.05) is 90.4 Å². The van der Waals surface area contributed by atoms with E-state index in [1.165, 1.54) is 22.3 Å². The van der Waals surface area contributed by atoms with Gasteiger partial charge in [0.25, 0.3) is 0 Å². The zero-order chi connectivity index (χ0) is 34.2. The molecular formula is C44H44N4OPt. The summed E-state index contributed by atoms with van der Waals surface area (Å²) in [5, 5.41) is 7.09. The number of aromatic nitrogens is 4. The van der Waals surface area contributed by atoms with Gasteiger partial charge >= 0.3 is 21.1 Å². The van der Waals surface area contributed by atoms with Crippen LogP contribution in [0.15, 0.2) is 97.5 Å². The first-order chi connectivity index (χ1) is 23.6. The Morgan fingerprint density at radius 3 is 2.22 bits per heavy atom. The third-order valence-electron chi connectivity index (χ3n) is 9.03. The maximum Gasteiger partial charge on any atom is 2.00 e. The van der Waals surface area contributed by atoms with E-state index >= 15 is 0 Å². The van der Waals surface area contributed by atoms with Gasteiger partial charge < -0.3 is 9.30 Å². The molecule has 0 aliphatic rings. The van der Waals surface area contributed by atoms with Crippen LogP contribution in [0.5, 0.6) is 11.5 Å². The number of rotatable bonds is 10. The number of hydrogen-bond acceptors (Lipinski definition) is 3. The summed E-state index contributed by atoms with van der Waals surface area (Å²) in [5.74, 6) is 3.62. The van der Waals surface area contributed by atoms with Crippen LogP contribution in [0.1, 0.15) is 69.7 Å². The van der Waals surface area contributed by atoms with Gasteiger partial charge in [-0.15, -0.1) is 35.7 Å². The number of aryl methyl sites for hydroxylation is 1. The molecule has 0 bridgehead atoms. The fraction of sp³-hybridized carbons (Fsp3) is 0.273. The summed E-state index contributed by atoms with van der Waals surface area (Å²) >= 11 is 0. The van der Waals surface area contributed by atoms with Crippen molar-refractivity contribution in [1.82, 2.24) is 19.3 Å². The smallest absolute Gasteiger partial charge is 0.509 e. The third kappa shape index (κ3) is 7.21. The number of hydrogen-bond donors (Lipinski definition) is 0. The van der Waals surface area contributed by atoms with Gasteiger partial charge in [-0.25, -0.2) is 4.98 Å². The summed E-state index contributed by atoms with van der Waals surface area (Å²) in [6, 6.07) is 34.7. The summed E-state index contributed by atoms with van der Waals surface area (Å²) < 4.78 is 10.6. The van der Waals surface area contributed by atoms with Crippen LogP contribution in [-0.2, 0) is 33.9 Å². The summed E-state index contributed by atoms with van der Waals surface area (Å²) in [7, 11) is 0. The molecule has 0 radical (unpaired) electrons. The first-order valence-corrected chi connectivity index (χ1v) is 17.4. The molecule has 7 rings (SSSR count). The van der Waals surface area contributed by atoms with E-state index in [2.05, 4.69) is 138 Å². The number of nitrogens with zero attached hydrogens (tertiary/aromatic N) is 4. The Morgan fingerprint density at radius 1 is 0.760 bits per heavy atom. The van der Waals surface area contributed by atoms with E-state index in [1.807, 2.05) is 29.2 Å². The fourth-order valence-electron chi connectivity index (χ4n) is 6.87. The maximum absolute atomic E-state index is 6.51. The second kappa shape index (κ2) is 14.8. The Labute approximate surface area is 310 Å². The fourth-order valence-corrected chi connectivity index (χ4v) is 6.87. The average Bonchev–Trinajstić information content (AvgIpc) is 3.67. The Morgan fingerprint density at radius 2 is 1.50 bits per heavy atom. The van der Waals surface area contributed by atoms with E-state index in [1.54, 1.807) is 0 Å². The number of para-hydroxylation sites is 1. The van der Waals surface area contributed by atoms with Gasteiger partial charge in [-0.2, -0.15) is 16.7 Å². The third-order valence-corrected chi connectivity index (χ3v) is 9.03. The van der Waals surface area contributed by atoms with Crippen molar-refractivity contribution in [1.29, 1.82) is 0 Å². The van der Waals surface area contributed by atoms with Crippen LogP contribution in [0.25, 0.3) is 44.4 Å². The summed E-state index contributed by atoms with van der Waals surface area (Å²) in [4.78, 5) is 4.78. The SMILES string of the molecule is Cc1cc(Oc2[c-]c3c(cc2)c2ccccc2n3-c2cc(C(C)C)ccn2)[c-]c(-n2cc(-c3c(CC(C)C)cccc3CC(C)C)cn2)c1.[Pt+2]. The molecule has 0 fully saturated rings. The van der Waals surface area contributed by atoms with Crippen molar-refractivity contribution in [2.24, 2.45) is 11.8 Å². The molecule has 4 aromatic carbocycles. The molecule has 3 heterocycles. The van der Waals surface area contributed by atoms with Crippen molar-refractivity contribution in [3.8, 4) is 34.1 Å². The van der Waals surface area contributed by atoms with Gasteiger partial charge in [0.2, 0.25) is 0 Å². The molecule has 0 unspecified atom stereocenters. The molecule has 0 spiro atoms. The number of benzene rings is 4. The summed E-state index contributed by atoms with van der Waals surface area (Å²) in [6.07, 6.45) is 8.07. The molecule has 50 heavy (non-hydrogen) atoms. The van der Waals surface area contributed by atoms with E-state index < -0.39 is 0 Å². The van der Waals surface area contributed by atoms with Gasteiger partial charge in [0, 0.05) is 35.0 Å². The van der Waals surface area contributed by atoms with E-state index in [0.717, 1.165) is 57.3 Å². The van der Waals surface area contributed by atoms with Gasteiger partial charge in [0.1, 0.15) is 5.82 Å². The van der Waals surface area contributed by atoms with Crippen LogP contribution >= 0.6 is 0 Å². The van der Waals surface area contributed by atoms with Crippen LogP contribution in [0, 0.1) is 30.9 Å². The number of ether oxygens (including phenoxy) is 1. The van der Waals surface area contributed by atoms with E-state index in [0.29, 0.717) is 29.3 Å². The predicted molar refractivity (Wildman–Crippen MR) is 201 cm³/mol. The van der Waals surface area contributed by atoms with Crippen LogP contribution in [0.2, 0.25) is 0 Å². The molecule has 256 valence electrons. The predicted octanol–water partition coefficient (Wildman–Crippen LogP) is 11.3. The number of pyridine rings is 1. The van der Waals surface area contributed by atoms with Crippen molar-refractivity contribution < 1.29 is 25.8 Å². The first-order valence-electron chi connectivity index (χ1n) is 17.4. The topological polar surface area (TPSA) is 44.9 Å². The van der Waals surface area contributed by atoms with Crippen LogP contribution in [-0.4, -0.2) is 19.3 Å². The van der Waals surface area contributed by atoms with E-state index in [-0.39, 0.29) is 21.1 Å². The van der Waals surface area contributed by atoms with E-state index in [9.17, 15) is 0 Å². The minimum absolute atomic E-state index is 0. The molecule has 0 saturated heterocycles. The summed E-state index contributed by atoms with van der Waals surface area (Å²) in [6.45, 7) is 15.6. The van der Waals surface area contributed by atoms with Gasteiger partial charge in [-0.05, 0) is 82.1 Å². The molecule has 6 heteroatoms. The van der Waals surface area contributed by atoms with Crippen molar-refractivity contribution >= 4 is 21.8 Å². The Kier molecular flexibility index (Phi) is 10.5. The molecular weight excluding hydrogens is 796 g/mol. The minimum Gasteiger partial charge on any atom is -0.509 e.